The summed E-state index contributed by atoms with van der Waals surface area (Å²) in [6.45, 7) is 44.7. The zero-order valence-electron chi connectivity index (χ0n) is 57.1. The maximum Gasteiger partial charge on any atom is 0.292 e. The van der Waals surface area contributed by atoms with Gasteiger partial charge in [0, 0.05) is 40.8 Å². The SMILES string of the molecule is CC(C)(C)C1=CC(Cl)=CCC1=O.CC(C)(C)C1=CC=CCC1=O.CC(C)(C)c1cc(Cl)c2nc[nH]c2c1.CC(C)(C)c1cc(Cl)cnc1N.CC(C)(C)c1ccc2nc(N)oc2c1.CC(C)(C)c1ccc2nc(N)sc2c1.CC(C)(C)c1ccc2sc(N)nc2c1. The molecular weight excluding hydrogens is 1240 g/mol. The highest BCUT2D eigenvalue weighted by Gasteiger charge is 2.26. The Morgan fingerprint density at radius 3 is 1.57 bits per heavy atom. The number of hydrogen-bond donors (Lipinski definition) is 5. The molecule has 0 bridgehead atoms. The number of anilines is 4. The highest BCUT2D eigenvalue weighted by molar-refractivity contribution is 7.22. The van der Waals surface area contributed by atoms with Crippen LogP contribution in [0.2, 0.25) is 10.0 Å². The van der Waals surface area contributed by atoms with E-state index in [-0.39, 0.29) is 55.5 Å². The largest absolute Gasteiger partial charge is 0.424 e. The van der Waals surface area contributed by atoms with E-state index in [0.717, 1.165) is 54.6 Å². The van der Waals surface area contributed by atoms with Gasteiger partial charge in [0.15, 0.2) is 27.4 Å². The van der Waals surface area contributed by atoms with Crippen LogP contribution in [0.5, 0.6) is 0 Å². The smallest absolute Gasteiger partial charge is 0.292 e. The molecule has 4 aromatic carbocycles. The lowest BCUT2D eigenvalue weighted by molar-refractivity contribution is -0.116. The zero-order chi connectivity index (χ0) is 68.6. The summed E-state index contributed by atoms with van der Waals surface area (Å²) in [4.78, 5) is 46.5. The molecule has 91 heavy (non-hydrogen) atoms. The van der Waals surface area contributed by atoms with Crippen molar-refractivity contribution in [2.24, 2.45) is 10.8 Å². The molecule has 2 aliphatic carbocycles. The molecule has 9 N–H and O–H groups in total. The van der Waals surface area contributed by atoms with Crippen LogP contribution in [-0.2, 0) is 36.7 Å². The number of fused-ring (bicyclic) bond motifs is 4. The standard InChI is InChI=1S/C11H13ClN2.C11H14N2O.2C11H14N2S.C10H13ClO.C10H14O.C9H13ClN2/c1-11(2,3)7-4-8(12)10-9(5-7)13-6-14-10;1-11(2,3)7-4-5-8-9(6-7)14-10(12)13-8;1-11(2,3)7-4-5-9-8(6-7)13-10(12)14-9;1-11(2,3)7-4-5-8-9(6-7)14-10(12)13-8;1-10(2,3)8-6-7(11)4-5-9(8)12;1-10(2,3)8-6-4-5-7-9(8)11;1-9(2,3)7-4-6(10)5-12-8(7)11/h4-6H,1-3H3,(H,13,14);3*4-6H,1-3H3,(H2,12,13);4,6H,5H2,1-3H3;4-6H,7H2,1-3H3;4-5H,1-3H3,(H2,11,12). The summed E-state index contributed by atoms with van der Waals surface area (Å²) < 4.78 is 7.61. The summed E-state index contributed by atoms with van der Waals surface area (Å²) in [5.74, 6) is 1.01. The van der Waals surface area contributed by atoms with Gasteiger partial charge in [-0.3, -0.25) is 9.59 Å². The number of aromatic amines is 1. The Labute approximate surface area is 562 Å². The lowest BCUT2D eigenvalue weighted by Crippen LogP contribution is -2.19. The minimum atomic E-state index is -0.0918. The molecule has 13 nitrogen and oxygen atoms in total. The molecule has 5 heterocycles. The molecule has 2 aliphatic rings. The summed E-state index contributed by atoms with van der Waals surface area (Å²) in [5, 5.41) is 3.32. The third-order valence-corrected chi connectivity index (χ3v) is 17.0. The second kappa shape index (κ2) is 29.8. The van der Waals surface area contributed by atoms with E-state index >= 15 is 0 Å². The molecule has 0 fully saturated rings. The van der Waals surface area contributed by atoms with E-state index in [1.807, 2.05) is 69.3 Å². The van der Waals surface area contributed by atoms with Crippen molar-refractivity contribution in [3.8, 4) is 0 Å². The molecule has 18 heteroatoms. The van der Waals surface area contributed by atoms with E-state index < -0.39 is 0 Å². The molecule has 0 unspecified atom stereocenters. The molecule has 9 aromatic rings. The minimum absolute atomic E-state index is 0.00183. The molecular formula is C73H95Cl3N10O3S2. The van der Waals surface area contributed by atoms with Crippen LogP contribution in [0.4, 0.5) is 22.1 Å². The van der Waals surface area contributed by atoms with Crippen LogP contribution < -0.4 is 22.9 Å². The Morgan fingerprint density at radius 2 is 1.04 bits per heavy atom. The average Bonchev–Trinajstić information content (AvgIpc) is 1.80. The van der Waals surface area contributed by atoms with E-state index in [1.54, 1.807) is 36.0 Å². The predicted molar refractivity (Wildman–Crippen MR) is 392 cm³/mol. The van der Waals surface area contributed by atoms with E-state index in [0.29, 0.717) is 44.0 Å². The van der Waals surface area contributed by atoms with Crippen LogP contribution in [0.3, 0.4) is 0 Å². The van der Waals surface area contributed by atoms with Crippen LogP contribution in [0.15, 0.2) is 136 Å². The number of nitrogen functional groups attached to an aromatic ring is 4. The molecule has 11 rings (SSSR count). The van der Waals surface area contributed by atoms with Gasteiger partial charge in [0.2, 0.25) is 0 Å². The second-order valence-electron chi connectivity index (χ2n) is 29.7. The van der Waals surface area contributed by atoms with Gasteiger partial charge in [-0.05, 0) is 121 Å². The Balaban J connectivity index is 0.000000193. The Morgan fingerprint density at radius 1 is 0.516 bits per heavy atom. The summed E-state index contributed by atoms with van der Waals surface area (Å²) >= 11 is 20.8. The van der Waals surface area contributed by atoms with Gasteiger partial charge < -0.3 is 32.3 Å². The van der Waals surface area contributed by atoms with Crippen LogP contribution >= 0.6 is 57.5 Å². The molecule has 0 amide bonds. The third kappa shape index (κ3) is 22.2. The first kappa shape index (κ1) is 74.8. The lowest BCUT2D eigenvalue weighted by Gasteiger charge is -2.23. The van der Waals surface area contributed by atoms with Crippen LogP contribution in [0.25, 0.3) is 42.6 Å². The van der Waals surface area contributed by atoms with E-state index in [2.05, 4.69) is 197 Å². The van der Waals surface area contributed by atoms with Crippen LogP contribution in [0, 0.1) is 10.8 Å². The number of benzene rings is 4. The van der Waals surface area contributed by atoms with Crippen molar-refractivity contribution >= 4 is 134 Å². The number of hydrogen-bond acceptors (Lipinski definition) is 14. The number of allylic oxidation sites excluding steroid dienone is 8. The van der Waals surface area contributed by atoms with Gasteiger partial charge in [-0.25, -0.2) is 19.9 Å². The van der Waals surface area contributed by atoms with Crippen molar-refractivity contribution in [2.75, 3.05) is 22.9 Å². The van der Waals surface area contributed by atoms with Gasteiger partial charge in [-0.1, -0.05) is 245 Å². The number of nitrogens with one attached hydrogen (secondary N) is 1. The molecule has 0 spiro atoms. The third-order valence-electron chi connectivity index (χ3n) is 14.5. The number of nitrogens with two attached hydrogens (primary N) is 4. The fourth-order valence-corrected chi connectivity index (χ4v) is 11.2. The molecule has 488 valence electrons. The minimum Gasteiger partial charge on any atom is -0.424 e. The first-order chi connectivity index (χ1) is 41.7. The fraction of sp³-hybridized carbons (Fsp3) is 0.411. The number of rotatable bonds is 0. The van der Waals surface area contributed by atoms with Crippen molar-refractivity contribution in [3.63, 3.8) is 0 Å². The summed E-state index contributed by atoms with van der Waals surface area (Å²) in [7, 11) is 0. The van der Waals surface area contributed by atoms with Crippen molar-refractivity contribution in [1.29, 1.82) is 0 Å². The highest BCUT2D eigenvalue weighted by Crippen LogP contribution is 2.36. The van der Waals surface area contributed by atoms with Crippen molar-refractivity contribution < 1.29 is 14.0 Å². The topological polar surface area (TPSA) is 232 Å². The van der Waals surface area contributed by atoms with Gasteiger partial charge in [0.1, 0.15) is 16.9 Å². The van der Waals surface area contributed by atoms with Gasteiger partial charge >= 0.3 is 0 Å². The Bertz CT molecular complexity index is 3920. The molecule has 5 aromatic heterocycles. The maximum absolute atomic E-state index is 11.4. The predicted octanol–water partition coefficient (Wildman–Crippen LogP) is 20.7. The Hall–Kier alpha value is -6.88. The number of imidazole rings is 1. The van der Waals surface area contributed by atoms with Crippen molar-refractivity contribution in [3.05, 3.63) is 170 Å². The molecule has 0 aliphatic heterocycles. The number of halogens is 3. The summed E-state index contributed by atoms with van der Waals surface area (Å²) in [6.07, 6.45) is 13.6. The average molecular weight is 1330 g/mol. The Kier molecular flexibility index (Phi) is 24.5. The number of aromatic nitrogens is 6. The number of ketones is 2. The van der Waals surface area contributed by atoms with Crippen LogP contribution in [-0.4, -0.2) is 41.5 Å². The number of thiazole rings is 2. The summed E-state index contributed by atoms with van der Waals surface area (Å²) in [6, 6.07) is 24.9. The van der Waals surface area contributed by atoms with Gasteiger partial charge in [0.25, 0.3) is 6.01 Å². The van der Waals surface area contributed by atoms with Crippen molar-refractivity contribution in [1.82, 2.24) is 29.9 Å². The van der Waals surface area contributed by atoms with E-state index in [9.17, 15) is 9.59 Å². The number of nitrogens with zero attached hydrogens (tertiary/aromatic N) is 5. The number of H-pyrrole nitrogens is 1. The fourth-order valence-electron chi connectivity index (χ4n) is 9.14. The lowest BCUT2D eigenvalue weighted by atomic mass is 9.81. The number of Topliss-reactive ketones (excluding diaryl/α,β-unsaturated/α-hetero) is 2. The first-order valence-electron chi connectivity index (χ1n) is 30.3. The molecule has 0 saturated heterocycles. The van der Waals surface area contributed by atoms with Gasteiger partial charge in [-0.15, -0.1) is 0 Å². The molecule has 0 radical (unpaired) electrons. The second-order valence-corrected chi connectivity index (χ2v) is 33.1. The zero-order valence-corrected chi connectivity index (χ0v) is 61.0. The van der Waals surface area contributed by atoms with Crippen LogP contribution in [0.1, 0.15) is 186 Å². The number of carbonyl (C=O) groups is 2. The monoisotopic (exact) mass is 1330 g/mol. The molecule has 0 atom stereocenters. The molecule has 0 saturated carbocycles. The number of pyridine rings is 1. The van der Waals surface area contributed by atoms with Gasteiger partial charge in [-0.2, -0.15) is 4.98 Å². The maximum atomic E-state index is 11.4. The van der Waals surface area contributed by atoms with E-state index in [1.165, 1.54) is 38.3 Å². The van der Waals surface area contributed by atoms with E-state index in [4.69, 9.17) is 62.2 Å². The van der Waals surface area contributed by atoms with Gasteiger partial charge in [0.05, 0.1) is 42.3 Å². The first-order valence-corrected chi connectivity index (χ1v) is 33.0. The highest BCUT2D eigenvalue weighted by atomic mass is 35.5. The summed E-state index contributed by atoms with van der Waals surface area (Å²) in [5.41, 5.74) is 36.3. The number of oxazole rings is 1. The van der Waals surface area contributed by atoms with Crippen molar-refractivity contribution in [2.45, 2.75) is 185 Å². The normalized spacial score (nSPS) is 13.8. The number of carbonyl (C=O) groups excluding carboxylic acids is 2. The quantitative estimate of drug-likeness (QED) is 0.0954.